The smallest absolute Gasteiger partial charge is 0.323 e. The van der Waals surface area contributed by atoms with Crippen molar-refractivity contribution < 1.29 is 13.5 Å². The van der Waals surface area contributed by atoms with Crippen LogP contribution in [-0.4, -0.2) is 38.3 Å². The van der Waals surface area contributed by atoms with Gasteiger partial charge in [0.15, 0.2) is 0 Å². The summed E-state index contributed by atoms with van der Waals surface area (Å²) < 4.78 is 27.6. The van der Waals surface area contributed by atoms with Gasteiger partial charge in [0.25, 0.3) is 0 Å². The van der Waals surface area contributed by atoms with Gasteiger partial charge in [-0.05, 0) is 32.4 Å². The number of halogens is 2. The fraction of sp³-hybridized carbons (Fsp3) is 1.00. The maximum Gasteiger partial charge on any atom is 0.345 e. The predicted octanol–water partition coefficient (Wildman–Crippen LogP) is 1.57. The van der Waals surface area contributed by atoms with Crippen LogP contribution in [0.15, 0.2) is 0 Å². The van der Waals surface area contributed by atoms with Gasteiger partial charge in [0, 0.05) is 6.54 Å². The van der Waals surface area contributed by atoms with Crippen molar-refractivity contribution in [2.24, 2.45) is 5.92 Å². The van der Waals surface area contributed by atoms with Crippen LogP contribution in [0.25, 0.3) is 0 Å². The lowest BCUT2D eigenvalue weighted by atomic mass is 10.00. The molecule has 1 fully saturated rings. The van der Waals surface area contributed by atoms with Gasteiger partial charge in [-0.15, -0.1) is 0 Å². The van der Waals surface area contributed by atoms with E-state index in [4.69, 9.17) is 0 Å². The Morgan fingerprint density at radius 2 is 2.33 bits per heavy atom. The van der Waals surface area contributed by atoms with Crippen LogP contribution in [0.1, 0.15) is 12.8 Å². The Morgan fingerprint density at radius 1 is 1.58 bits per heavy atom. The van der Waals surface area contributed by atoms with Gasteiger partial charge in [-0.2, -0.15) is 8.78 Å². The third-order valence-corrected chi connectivity index (χ3v) is 2.18. The van der Waals surface area contributed by atoms with Crippen molar-refractivity contribution in [1.82, 2.24) is 4.90 Å². The second-order valence-corrected chi connectivity index (χ2v) is 3.36. The molecule has 0 saturated carbocycles. The van der Waals surface area contributed by atoms with Crippen molar-refractivity contribution in [2.45, 2.75) is 19.5 Å². The van der Waals surface area contributed by atoms with E-state index in [0.717, 1.165) is 25.9 Å². The summed E-state index contributed by atoms with van der Waals surface area (Å²) in [4.78, 5) is 2.16. The molecule has 1 rings (SSSR count). The second-order valence-electron chi connectivity index (χ2n) is 3.36. The van der Waals surface area contributed by atoms with Gasteiger partial charge in [-0.25, -0.2) is 0 Å². The summed E-state index contributed by atoms with van der Waals surface area (Å²) in [5.74, 6) is 0.290. The molecule has 0 aromatic rings. The molecule has 0 spiro atoms. The van der Waals surface area contributed by atoms with Crippen LogP contribution in [0.3, 0.4) is 0 Å². The Balaban J connectivity index is 2.14. The molecule has 1 aliphatic rings. The summed E-state index contributed by atoms with van der Waals surface area (Å²) in [6.45, 7) is -0.461. The van der Waals surface area contributed by atoms with E-state index in [-0.39, 0.29) is 12.5 Å². The molecule has 0 N–H and O–H groups in total. The minimum Gasteiger partial charge on any atom is -0.323 e. The molecule has 0 aliphatic carbocycles. The lowest BCUT2D eigenvalue weighted by Crippen LogP contribution is -2.34. The quantitative estimate of drug-likeness (QED) is 0.652. The van der Waals surface area contributed by atoms with E-state index in [1.165, 1.54) is 0 Å². The molecular formula is C8H15F2NO. The average Bonchev–Trinajstić information content (AvgIpc) is 2.01. The molecule has 0 radical (unpaired) electrons. The highest BCUT2D eigenvalue weighted by molar-refractivity contribution is 4.69. The van der Waals surface area contributed by atoms with Crippen LogP contribution in [0, 0.1) is 5.92 Å². The summed E-state index contributed by atoms with van der Waals surface area (Å²) in [6, 6.07) is 0. The maximum atomic E-state index is 11.7. The number of rotatable bonds is 3. The Bertz CT molecular complexity index is 132. The Kier molecular flexibility index (Phi) is 3.88. The number of alkyl halides is 2. The van der Waals surface area contributed by atoms with Crippen LogP contribution >= 0.6 is 0 Å². The zero-order chi connectivity index (χ0) is 8.97. The number of hydrogen-bond acceptors (Lipinski definition) is 2. The average molecular weight is 179 g/mol. The Labute approximate surface area is 71.5 Å². The molecule has 2 nitrogen and oxygen atoms in total. The first-order valence-electron chi connectivity index (χ1n) is 4.27. The van der Waals surface area contributed by atoms with E-state index < -0.39 is 6.61 Å². The third kappa shape index (κ3) is 3.45. The normalized spacial score (nSPS) is 26.5. The van der Waals surface area contributed by atoms with Gasteiger partial charge in [-0.3, -0.25) is 0 Å². The summed E-state index contributed by atoms with van der Waals surface area (Å²) in [5.41, 5.74) is 0. The van der Waals surface area contributed by atoms with E-state index >= 15 is 0 Å². The minimum atomic E-state index is -2.61. The Morgan fingerprint density at radius 3 is 2.92 bits per heavy atom. The highest BCUT2D eigenvalue weighted by Gasteiger charge is 2.18. The third-order valence-electron chi connectivity index (χ3n) is 2.18. The molecule has 1 aliphatic heterocycles. The van der Waals surface area contributed by atoms with Gasteiger partial charge in [0.05, 0.1) is 6.61 Å². The molecule has 1 saturated heterocycles. The first-order chi connectivity index (χ1) is 5.68. The van der Waals surface area contributed by atoms with Crippen molar-refractivity contribution in [1.29, 1.82) is 0 Å². The molecule has 0 amide bonds. The first-order valence-corrected chi connectivity index (χ1v) is 4.27. The van der Waals surface area contributed by atoms with Gasteiger partial charge >= 0.3 is 6.61 Å². The lowest BCUT2D eigenvalue weighted by Gasteiger charge is -2.29. The van der Waals surface area contributed by atoms with Crippen LogP contribution < -0.4 is 0 Å². The second kappa shape index (κ2) is 4.72. The highest BCUT2D eigenvalue weighted by atomic mass is 19.3. The first kappa shape index (κ1) is 9.86. The van der Waals surface area contributed by atoms with E-state index in [0.29, 0.717) is 0 Å². The van der Waals surface area contributed by atoms with E-state index in [1.54, 1.807) is 0 Å². The van der Waals surface area contributed by atoms with Crippen LogP contribution in [-0.2, 0) is 4.74 Å². The number of nitrogens with zero attached hydrogens (tertiary/aromatic N) is 1. The number of ether oxygens (including phenoxy) is 1. The van der Waals surface area contributed by atoms with Gasteiger partial charge < -0.3 is 9.64 Å². The molecule has 1 unspecified atom stereocenters. The summed E-state index contributed by atoms with van der Waals surface area (Å²) in [7, 11) is 2.01. The molecule has 0 aromatic heterocycles. The monoisotopic (exact) mass is 179 g/mol. The minimum absolute atomic E-state index is 0.196. The SMILES string of the molecule is CN1CCCC(COC(F)F)C1. The topological polar surface area (TPSA) is 12.5 Å². The van der Waals surface area contributed by atoms with Crippen molar-refractivity contribution in [3.05, 3.63) is 0 Å². The number of likely N-dealkylation sites (tertiary alicyclic amines) is 1. The fourth-order valence-corrected chi connectivity index (χ4v) is 1.62. The maximum absolute atomic E-state index is 11.7. The van der Waals surface area contributed by atoms with Crippen molar-refractivity contribution in [2.75, 3.05) is 26.7 Å². The Hall–Kier alpha value is -0.220. The van der Waals surface area contributed by atoms with Gasteiger partial charge in [0.2, 0.25) is 0 Å². The van der Waals surface area contributed by atoms with E-state index in [2.05, 4.69) is 9.64 Å². The van der Waals surface area contributed by atoms with Crippen LogP contribution in [0.2, 0.25) is 0 Å². The molecule has 12 heavy (non-hydrogen) atoms. The predicted molar refractivity (Wildman–Crippen MR) is 42.2 cm³/mol. The van der Waals surface area contributed by atoms with Crippen molar-refractivity contribution >= 4 is 0 Å². The van der Waals surface area contributed by atoms with Crippen molar-refractivity contribution in [3.8, 4) is 0 Å². The van der Waals surface area contributed by atoms with Crippen LogP contribution in [0.4, 0.5) is 8.78 Å². The highest BCUT2D eigenvalue weighted by Crippen LogP contribution is 2.15. The van der Waals surface area contributed by atoms with E-state index in [1.807, 2.05) is 7.05 Å². The lowest BCUT2D eigenvalue weighted by molar-refractivity contribution is -0.141. The van der Waals surface area contributed by atoms with Gasteiger partial charge in [0.1, 0.15) is 0 Å². The molecule has 72 valence electrons. The largest absolute Gasteiger partial charge is 0.345 e. The molecule has 1 atom stereocenters. The molecule has 1 heterocycles. The summed E-state index contributed by atoms with van der Waals surface area (Å²) >= 11 is 0. The number of hydrogen-bond donors (Lipinski definition) is 0. The summed E-state index contributed by atoms with van der Waals surface area (Å²) in [5, 5.41) is 0. The molecular weight excluding hydrogens is 164 g/mol. The van der Waals surface area contributed by atoms with Gasteiger partial charge in [-0.1, -0.05) is 0 Å². The zero-order valence-corrected chi connectivity index (χ0v) is 7.30. The molecule has 0 aromatic carbocycles. The van der Waals surface area contributed by atoms with E-state index in [9.17, 15) is 8.78 Å². The molecule has 0 bridgehead atoms. The number of piperidine rings is 1. The van der Waals surface area contributed by atoms with Crippen LogP contribution in [0.5, 0.6) is 0 Å². The zero-order valence-electron chi connectivity index (χ0n) is 7.30. The molecule has 4 heteroatoms. The standard InChI is InChI=1S/C8H15F2NO/c1-11-4-2-3-7(5-11)6-12-8(9)10/h7-8H,2-6H2,1H3. The van der Waals surface area contributed by atoms with Crippen molar-refractivity contribution in [3.63, 3.8) is 0 Å². The fourth-order valence-electron chi connectivity index (χ4n) is 1.62. The summed E-state index contributed by atoms with van der Waals surface area (Å²) in [6.07, 6.45) is 2.10.